The van der Waals surface area contributed by atoms with Crippen LogP contribution in [-0.2, 0) is 10.2 Å². The van der Waals surface area contributed by atoms with Gasteiger partial charge in [0.2, 0.25) is 0 Å². The van der Waals surface area contributed by atoms with Gasteiger partial charge in [-0.05, 0) is 17.7 Å². The molecule has 3 N–H and O–H groups in total. The van der Waals surface area contributed by atoms with Crippen LogP contribution < -0.4 is 10.5 Å². The third-order valence-electron chi connectivity index (χ3n) is 2.60. The van der Waals surface area contributed by atoms with Crippen molar-refractivity contribution in [3.8, 4) is 5.75 Å². The van der Waals surface area contributed by atoms with Gasteiger partial charge in [-0.25, -0.2) is 0 Å². The van der Waals surface area contributed by atoms with Crippen molar-refractivity contribution in [2.24, 2.45) is 0 Å². The Morgan fingerprint density at radius 2 is 2.12 bits per heavy atom. The van der Waals surface area contributed by atoms with Crippen LogP contribution >= 0.6 is 0 Å². The number of hydrogen-bond donors (Lipinski definition) is 2. The SMILES string of the molecule is COc1ccc(C(C)(C)CC(=O)O)cc1N. The Hall–Kier alpha value is -1.71. The molecule has 0 radical (unpaired) electrons. The molecular weight excluding hydrogens is 206 g/mol. The van der Waals surface area contributed by atoms with Gasteiger partial charge in [0, 0.05) is 5.41 Å². The molecule has 0 aliphatic carbocycles. The average Bonchev–Trinajstić information content (AvgIpc) is 2.15. The van der Waals surface area contributed by atoms with Crippen LogP contribution in [0.5, 0.6) is 5.75 Å². The second-order valence-electron chi connectivity index (χ2n) is 4.41. The fourth-order valence-corrected chi connectivity index (χ4v) is 1.64. The third-order valence-corrected chi connectivity index (χ3v) is 2.60. The zero-order valence-corrected chi connectivity index (χ0v) is 9.78. The summed E-state index contributed by atoms with van der Waals surface area (Å²) >= 11 is 0. The Balaban J connectivity index is 3.04. The van der Waals surface area contributed by atoms with Gasteiger partial charge >= 0.3 is 5.97 Å². The normalized spacial score (nSPS) is 11.2. The smallest absolute Gasteiger partial charge is 0.304 e. The minimum absolute atomic E-state index is 0.0682. The number of nitrogens with two attached hydrogens (primary N) is 1. The van der Waals surface area contributed by atoms with Gasteiger partial charge in [0.05, 0.1) is 19.2 Å². The van der Waals surface area contributed by atoms with Gasteiger partial charge in [-0.15, -0.1) is 0 Å². The zero-order chi connectivity index (χ0) is 12.3. The molecule has 1 aromatic carbocycles. The van der Waals surface area contributed by atoms with Crippen molar-refractivity contribution in [1.29, 1.82) is 0 Å². The standard InChI is InChI=1S/C12H17NO3/c1-12(2,7-11(14)15)8-4-5-10(16-3)9(13)6-8/h4-6H,7,13H2,1-3H3,(H,14,15). The molecule has 1 rings (SSSR count). The summed E-state index contributed by atoms with van der Waals surface area (Å²) in [6.45, 7) is 3.75. The van der Waals surface area contributed by atoms with Crippen molar-refractivity contribution in [2.45, 2.75) is 25.7 Å². The van der Waals surface area contributed by atoms with E-state index >= 15 is 0 Å². The molecule has 0 amide bonds. The van der Waals surface area contributed by atoms with Crippen molar-refractivity contribution in [3.05, 3.63) is 23.8 Å². The van der Waals surface area contributed by atoms with Gasteiger partial charge in [-0.2, -0.15) is 0 Å². The Labute approximate surface area is 95.0 Å². The van der Waals surface area contributed by atoms with E-state index in [0.29, 0.717) is 11.4 Å². The average molecular weight is 223 g/mol. The molecule has 0 spiro atoms. The maximum atomic E-state index is 10.7. The zero-order valence-electron chi connectivity index (χ0n) is 9.78. The lowest BCUT2D eigenvalue weighted by Gasteiger charge is -2.23. The Morgan fingerprint density at radius 1 is 1.50 bits per heavy atom. The van der Waals surface area contributed by atoms with Gasteiger partial charge in [-0.1, -0.05) is 19.9 Å². The number of aliphatic carboxylic acids is 1. The molecule has 0 saturated heterocycles. The van der Waals surface area contributed by atoms with E-state index in [1.807, 2.05) is 19.9 Å². The highest BCUT2D eigenvalue weighted by Gasteiger charge is 2.24. The minimum Gasteiger partial charge on any atom is -0.495 e. The Bertz CT molecular complexity index is 399. The van der Waals surface area contributed by atoms with Crippen molar-refractivity contribution in [3.63, 3.8) is 0 Å². The van der Waals surface area contributed by atoms with Crippen LogP contribution in [0.15, 0.2) is 18.2 Å². The molecule has 0 bridgehead atoms. The number of carboxylic acid groups (broad SMARTS) is 1. The molecule has 16 heavy (non-hydrogen) atoms. The highest BCUT2D eigenvalue weighted by Crippen LogP contribution is 2.31. The summed E-state index contributed by atoms with van der Waals surface area (Å²) in [5.74, 6) is -0.214. The number of methoxy groups -OCH3 is 1. The first kappa shape index (κ1) is 12.4. The molecule has 0 aliphatic rings. The first-order valence-electron chi connectivity index (χ1n) is 5.02. The molecule has 0 fully saturated rings. The van der Waals surface area contributed by atoms with E-state index in [1.165, 1.54) is 0 Å². The number of carboxylic acids is 1. The Morgan fingerprint density at radius 3 is 2.56 bits per heavy atom. The summed E-state index contributed by atoms with van der Waals surface area (Å²) in [5.41, 5.74) is 6.77. The number of carbonyl (C=O) groups is 1. The molecule has 0 saturated carbocycles. The molecule has 0 unspecified atom stereocenters. The summed E-state index contributed by atoms with van der Waals surface area (Å²) in [6.07, 6.45) is 0.0682. The summed E-state index contributed by atoms with van der Waals surface area (Å²) < 4.78 is 5.05. The molecule has 88 valence electrons. The molecule has 0 aromatic heterocycles. The van der Waals surface area contributed by atoms with Crippen molar-refractivity contribution >= 4 is 11.7 Å². The predicted octanol–water partition coefficient (Wildman–Crippen LogP) is 2.03. The van der Waals surface area contributed by atoms with Crippen LogP contribution in [0.4, 0.5) is 5.69 Å². The van der Waals surface area contributed by atoms with E-state index < -0.39 is 11.4 Å². The topological polar surface area (TPSA) is 72.5 Å². The maximum absolute atomic E-state index is 10.7. The van der Waals surface area contributed by atoms with Crippen molar-refractivity contribution in [2.75, 3.05) is 12.8 Å². The number of nitrogen functional groups attached to an aromatic ring is 1. The molecular formula is C12H17NO3. The van der Waals surface area contributed by atoms with E-state index in [4.69, 9.17) is 15.6 Å². The highest BCUT2D eigenvalue weighted by molar-refractivity contribution is 5.69. The molecule has 0 heterocycles. The van der Waals surface area contributed by atoms with Crippen LogP contribution in [0.3, 0.4) is 0 Å². The molecule has 0 aliphatic heterocycles. The summed E-state index contributed by atoms with van der Waals surface area (Å²) in [4.78, 5) is 10.7. The van der Waals surface area contributed by atoms with E-state index in [2.05, 4.69) is 0 Å². The van der Waals surface area contributed by atoms with E-state index in [-0.39, 0.29) is 6.42 Å². The fraction of sp³-hybridized carbons (Fsp3) is 0.417. The van der Waals surface area contributed by atoms with Gasteiger partial charge in [0.1, 0.15) is 5.75 Å². The lowest BCUT2D eigenvalue weighted by Crippen LogP contribution is -2.21. The van der Waals surface area contributed by atoms with Crippen LogP contribution in [0.25, 0.3) is 0 Å². The van der Waals surface area contributed by atoms with E-state index in [1.54, 1.807) is 19.2 Å². The van der Waals surface area contributed by atoms with Crippen LogP contribution in [-0.4, -0.2) is 18.2 Å². The van der Waals surface area contributed by atoms with Gasteiger partial charge < -0.3 is 15.6 Å². The minimum atomic E-state index is -0.820. The van der Waals surface area contributed by atoms with E-state index in [0.717, 1.165) is 5.56 Å². The Kier molecular flexibility index (Phi) is 3.42. The quantitative estimate of drug-likeness (QED) is 0.766. The van der Waals surface area contributed by atoms with E-state index in [9.17, 15) is 4.79 Å². The predicted molar refractivity (Wildman–Crippen MR) is 62.7 cm³/mol. The molecule has 0 atom stereocenters. The number of hydrogen-bond acceptors (Lipinski definition) is 3. The highest BCUT2D eigenvalue weighted by atomic mass is 16.5. The lowest BCUT2D eigenvalue weighted by atomic mass is 9.81. The fourth-order valence-electron chi connectivity index (χ4n) is 1.64. The number of rotatable bonds is 4. The summed E-state index contributed by atoms with van der Waals surface area (Å²) in [6, 6.07) is 5.37. The number of anilines is 1. The van der Waals surface area contributed by atoms with Gasteiger partial charge in [0.25, 0.3) is 0 Å². The lowest BCUT2D eigenvalue weighted by molar-refractivity contribution is -0.138. The number of benzene rings is 1. The number of ether oxygens (including phenoxy) is 1. The monoisotopic (exact) mass is 223 g/mol. The first-order chi connectivity index (χ1) is 7.36. The van der Waals surface area contributed by atoms with Gasteiger partial charge in [-0.3, -0.25) is 4.79 Å². The summed E-state index contributed by atoms with van der Waals surface area (Å²) in [7, 11) is 1.55. The molecule has 1 aromatic rings. The van der Waals surface area contributed by atoms with Crippen LogP contribution in [0.2, 0.25) is 0 Å². The second kappa shape index (κ2) is 4.43. The second-order valence-corrected chi connectivity index (χ2v) is 4.41. The first-order valence-corrected chi connectivity index (χ1v) is 5.02. The summed E-state index contributed by atoms with van der Waals surface area (Å²) in [5, 5.41) is 8.82. The largest absolute Gasteiger partial charge is 0.495 e. The molecule has 4 nitrogen and oxygen atoms in total. The van der Waals surface area contributed by atoms with Crippen LogP contribution in [0, 0.1) is 0 Å². The molecule has 4 heteroatoms. The third kappa shape index (κ3) is 2.66. The van der Waals surface area contributed by atoms with Crippen molar-refractivity contribution < 1.29 is 14.6 Å². The van der Waals surface area contributed by atoms with Crippen LogP contribution in [0.1, 0.15) is 25.8 Å². The van der Waals surface area contributed by atoms with Gasteiger partial charge in [0.15, 0.2) is 0 Å². The van der Waals surface area contributed by atoms with Crippen molar-refractivity contribution in [1.82, 2.24) is 0 Å². The maximum Gasteiger partial charge on any atom is 0.304 e.